The Bertz CT molecular complexity index is 799. The number of aliphatic imine (C=N–C) groups is 2. The van der Waals surface area contributed by atoms with Crippen molar-refractivity contribution in [2.24, 2.45) is 27.1 Å². The first-order valence-electron chi connectivity index (χ1n) is 10.4. The van der Waals surface area contributed by atoms with Gasteiger partial charge in [0.1, 0.15) is 11.6 Å². The van der Waals surface area contributed by atoms with Crippen molar-refractivity contribution >= 4 is 11.5 Å². The minimum absolute atomic E-state index is 0.0798. The van der Waals surface area contributed by atoms with E-state index >= 15 is 0 Å². The molecule has 0 bridgehead atoms. The van der Waals surface area contributed by atoms with Gasteiger partial charge in [0.2, 0.25) is 0 Å². The lowest BCUT2D eigenvalue weighted by atomic mass is 9.65. The fraction of sp³-hybridized carbons (Fsp3) is 0.636. The third-order valence-corrected chi connectivity index (χ3v) is 7.33. The normalized spacial score (nSPS) is 35.1. The van der Waals surface area contributed by atoms with Crippen LogP contribution in [0.5, 0.6) is 5.75 Å². The van der Waals surface area contributed by atoms with Crippen LogP contribution in [0.1, 0.15) is 63.0 Å². The number of ether oxygens (including phenoxy) is 1. The number of aliphatic hydroxyl groups is 1. The summed E-state index contributed by atoms with van der Waals surface area (Å²) in [5, 5.41) is 10.1. The number of rotatable bonds is 3. The first-order chi connectivity index (χ1) is 13.0. The van der Waals surface area contributed by atoms with E-state index in [0.29, 0.717) is 11.8 Å². The number of nitrogens with zero attached hydrogens (tertiary/aromatic N) is 2. The molecule has 5 heteroatoms. The maximum Gasteiger partial charge on any atom is 0.184 e. The van der Waals surface area contributed by atoms with Crippen LogP contribution in [0.3, 0.4) is 0 Å². The SMILES string of the molecule is CC1=NC2(N=C1N)c1cc(OCC3CCC3)ccc1CC21CCC(O)CC1. The fourth-order valence-corrected chi connectivity index (χ4v) is 5.39. The Balaban J connectivity index is 1.53. The number of hydrogen-bond acceptors (Lipinski definition) is 5. The van der Waals surface area contributed by atoms with Crippen molar-refractivity contribution in [2.75, 3.05) is 6.61 Å². The number of nitrogens with two attached hydrogens (primary N) is 1. The van der Waals surface area contributed by atoms with Gasteiger partial charge in [0.05, 0.1) is 18.4 Å². The van der Waals surface area contributed by atoms with Crippen LogP contribution in [0, 0.1) is 11.3 Å². The summed E-state index contributed by atoms with van der Waals surface area (Å²) in [7, 11) is 0. The van der Waals surface area contributed by atoms with Gasteiger partial charge in [-0.2, -0.15) is 0 Å². The van der Waals surface area contributed by atoms with Gasteiger partial charge in [-0.15, -0.1) is 0 Å². The summed E-state index contributed by atoms with van der Waals surface area (Å²) >= 11 is 0. The van der Waals surface area contributed by atoms with Gasteiger partial charge in [0.25, 0.3) is 0 Å². The smallest absolute Gasteiger partial charge is 0.184 e. The van der Waals surface area contributed by atoms with E-state index in [2.05, 4.69) is 18.2 Å². The number of aliphatic hydroxyl groups excluding tert-OH is 1. The van der Waals surface area contributed by atoms with E-state index < -0.39 is 5.66 Å². The lowest BCUT2D eigenvalue weighted by molar-refractivity contribution is 0.0233. The summed E-state index contributed by atoms with van der Waals surface area (Å²) in [6.07, 6.45) is 8.11. The lowest BCUT2D eigenvalue weighted by Crippen LogP contribution is -2.43. The number of fused-ring (bicyclic) bond motifs is 3. The maximum atomic E-state index is 10.1. The zero-order valence-corrected chi connectivity index (χ0v) is 16.1. The molecule has 3 aliphatic carbocycles. The predicted octanol–water partition coefficient (Wildman–Crippen LogP) is 3.33. The Morgan fingerprint density at radius 2 is 1.96 bits per heavy atom. The van der Waals surface area contributed by atoms with E-state index in [-0.39, 0.29) is 11.5 Å². The second-order valence-electron chi connectivity index (χ2n) is 8.98. The van der Waals surface area contributed by atoms with Crippen LogP contribution in [-0.2, 0) is 12.1 Å². The predicted molar refractivity (Wildman–Crippen MR) is 106 cm³/mol. The molecular formula is C22H29N3O2. The van der Waals surface area contributed by atoms with Crippen LogP contribution < -0.4 is 10.5 Å². The van der Waals surface area contributed by atoms with Crippen LogP contribution in [0.25, 0.3) is 0 Å². The van der Waals surface area contributed by atoms with Gasteiger partial charge in [-0.1, -0.05) is 12.5 Å². The van der Waals surface area contributed by atoms with Gasteiger partial charge >= 0.3 is 0 Å². The van der Waals surface area contributed by atoms with Crippen LogP contribution >= 0.6 is 0 Å². The van der Waals surface area contributed by atoms with Crippen molar-refractivity contribution in [2.45, 2.75) is 70.1 Å². The summed E-state index contributed by atoms with van der Waals surface area (Å²) in [5.74, 6) is 2.18. The molecule has 1 unspecified atom stereocenters. The van der Waals surface area contributed by atoms with Gasteiger partial charge in [0, 0.05) is 11.0 Å². The summed E-state index contributed by atoms with van der Waals surface area (Å²) in [5.41, 5.74) is 8.78. The van der Waals surface area contributed by atoms with E-state index in [0.717, 1.165) is 55.7 Å². The van der Waals surface area contributed by atoms with Gasteiger partial charge in [-0.25, -0.2) is 4.99 Å². The van der Waals surface area contributed by atoms with Crippen LogP contribution in [0.15, 0.2) is 28.2 Å². The fourth-order valence-electron chi connectivity index (χ4n) is 5.39. The van der Waals surface area contributed by atoms with E-state index in [4.69, 9.17) is 20.5 Å². The van der Waals surface area contributed by atoms with Crippen molar-refractivity contribution < 1.29 is 9.84 Å². The van der Waals surface area contributed by atoms with Crippen molar-refractivity contribution in [3.63, 3.8) is 0 Å². The standard InChI is InChI=1S/C22H29N3O2/c1-14-20(23)25-22(24-14)19-11-18(27-13-15-3-2-4-15)6-5-16(19)12-21(22)9-7-17(26)8-10-21/h5-6,11,15,17,26H,2-4,7-10,12-13H2,1H3,(H2,23,25). The van der Waals surface area contributed by atoms with Crippen molar-refractivity contribution in [3.8, 4) is 5.75 Å². The highest BCUT2D eigenvalue weighted by molar-refractivity contribution is 6.41. The monoisotopic (exact) mass is 367 g/mol. The molecule has 3 N–H and O–H groups in total. The Hall–Kier alpha value is -1.88. The molecule has 0 aromatic heterocycles. The van der Waals surface area contributed by atoms with E-state index in [9.17, 15) is 5.11 Å². The van der Waals surface area contributed by atoms with Gasteiger partial charge in [-0.05, 0) is 75.5 Å². The topological polar surface area (TPSA) is 80.2 Å². The van der Waals surface area contributed by atoms with Crippen molar-refractivity contribution in [1.29, 1.82) is 0 Å². The molecule has 2 spiro atoms. The largest absolute Gasteiger partial charge is 0.493 e. The first kappa shape index (κ1) is 17.2. The average Bonchev–Trinajstić information content (AvgIpc) is 3.05. The highest BCUT2D eigenvalue weighted by Crippen LogP contribution is 2.61. The van der Waals surface area contributed by atoms with Crippen LogP contribution in [-0.4, -0.2) is 29.4 Å². The zero-order chi connectivity index (χ0) is 18.6. The molecule has 0 saturated heterocycles. The highest BCUT2D eigenvalue weighted by Gasteiger charge is 2.60. The van der Waals surface area contributed by atoms with E-state index in [1.165, 1.54) is 24.8 Å². The number of benzene rings is 1. The molecule has 1 aromatic carbocycles. The van der Waals surface area contributed by atoms with Gasteiger partial charge < -0.3 is 15.6 Å². The Morgan fingerprint density at radius 1 is 1.19 bits per heavy atom. The van der Waals surface area contributed by atoms with Crippen molar-refractivity contribution in [1.82, 2.24) is 0 Å². The Labute approximate surface area is 160 Å². The summed E-state index contributed by atoms with van der Waals surface area (Å²) in [4.78, 5) is 10.0. The van der Waals surface area contributed by atoms with E-state index in [1.54, 1.807) is 0 Å². The molecule has 5 nitrogen and oxygen atoms in total. The zero-order valence-electron chi connectivity index (χ0n) is 16.1. The van der Waals surface area contributed by atoms with Crippen molar-refractivity contribution in [3.05, 3.63) is 29.3 Å². The molecular weight excluding hydrogens is 338 g/mol. The first-order valence-corrected chi connectivity index (χ1v) is 10.4. The van der Waals surface area contributed by atoms with Gasteiger partial charge in [-0.3, -0.25) is 4.99 Å². The Kier molecular flexibility index (Phi) is 3.87. The quantitative estimate of drug-likeness (QED) is 0.860. The minimum atomic E-state index is -0.632. The maximum absolute atomic E-state index is 10.1. The molecule has 1 aromatic rings. The van der Waals surface area contributed by atoms with Crippen LogP contribution in [0.4, 0.5) is 0 Å². The van der Waals surface area contributed by atoms with E-state index in [1.807, 2.05) is 6.92 Å². The Morgan fingerprint density at radius 3 is 2.59 bits per heavy atom. The molecule has 2 saturated carbocycles. The second kappa shape index (κ2) is 6.06. The molecule has 27 heavy (non-hydrogen) atoms. The molecule has 0 amide bonds. The molecule has 1 heterocycles. The summed E-state index contributed by atoms with van der Waals surface area (Å²) < 4.78 is 6.12. The third kappa shape index (κ3) is 2.54. The molecule has 144 valence electrons. The molecule has 5 rings (SSSR count). The summed E-state index contributed by atoms with van der Waals surface area (Å²) in [6.45, 7) is 2.75. The second-order valence-corrected chi connectivity index (χ2v) is 8.98. The summed E-state index contributed by atoms with van der Waals surface area (Å²) in [6, 6.07) is 6.45. The number of amidine groups is 1. The third-order valence-electron chi connectivity index (χ3n) is 7.33. The minimum Gasteiger partial charge on any atom is -0.493 e. The molecule has 1 atom stereocenters. The molecule has 0 radical (unpaired) electrons. The molecule has 1 aliphatic heterocycles. The molecule has 4 aliphatic rings. The lowest BCUT2D eigenvalue weighted by Gasteiger charge is -2.44. The molecule has 2 fully saturated rings. The van der Waals surface area contributed by atoms with Gasteiger partial charge in [0.15, 0.2) is 5.66 Å². The highest BCUT2D eigenvalue weighted by atomic mass is 16.5. The number of hydrogen-bond donors (Lipinski definition) is 2. The average molecular weight is 367 g/mol. The van der Waals surface area contributed by atoms with Crippen LogP contribution in [0.2, 0.25) is 0 Å².